The van der Waals surface area contributed by atoms with Crippen LogP contribution in [0.2, 0.25) is 0 Å². The Hall–Kier alpha value is -0.870. The van der Waals surface area contributed by atoms with Crippen LogP contribution in [0.3, 0.4) is 0 Å². The number of aliphatic hydroxyl groups excluding tert-OH is 1. The smallest absolute Gasteiger partial charge is 0.328 e. The van der Waals surface area contributed by atoms with Gasteiger partial charge >= 0.3 is 5.97 Å². The van der Waals surface area contributed by atoms with Crippen molar-refractivity contribution in [3.8, 4) is 0 Å². The Labute approximate surface area is 61.7 Å². The average Bonchev–Trinajstić information content (AvgIpc) is 1.82. The molecule has 0 saturated carbocycles. The van der Waals surface area contributed by atoms with Gasteiger partial charge in [-0.1, -0.05) is 11.6 Å². The molecule has 4 nitrogen and oxygen atoms in total. The van der Waals surface area contributed by atoms with Crippen molar-refractivity contribution in [2.75, 3.05) is 0 Å². The highest BCUT2D eigenvalue weighted by molar-refractivity contribution is 6.31. The molecule has 0 heterocycles. The van der Waals surface area contributed by atoms with E-state index in [1.165, 1.54) is 0 Å². The largest absolute Gasteiger partial charge is 0.478 e. The van der Waals surface area contributed by atoms with E-state index in [-0.39, 0.29) is 0 Å². The molecule has 0 aliphatic heterocycles. The standard InChI is InChI=1S/C5H5ClO4/c6-5(10)3(7)1-2-4(8)9/h1-2,5,10H,(H,8,9). The summed E-state index contributed by atoms with van der Waals surface area (Å²) in [4.78, 5) is 20.1. The number of aliphatic hydroxyl groups is 1. The van der Waals surface area contributed by atoms with Gasteiger partial charge in [0.1, 0.15) is 0 Å². The molecule has 2 N–H and O–H groups in total. The Morgan fingerprint density at radius 2 is 1.90 bits per heavy atom. The minimum Gasteiger partial charge on any atom is -0.478 e. The molecular weight excluding hydrogens is 160 g/mol. The fraction of sp³-hybridized carbons (Fsp3) is 0.200. The molecule has 10 heavy (non-hydrogen) atoms. The van der Waals surface area contributed by atoms with E-state index in [0.29, 0.717) is 12.2 Å². The summed E-state index contributed by atoms with van der Waals surface area (Å²) in [5, 5.41) is 16.3. The first-order valence-electron chi connectivity index (χ1n) is 2.31. The van der Waals surface area contributed by atoms with Gasteiger partial charge < -0.3 is 10.2 Å². The third-order valence-electron chi connectivity index (χ3n) is 0.625. The number of carboxylic acid groups (broad SMARTS) is 1. The number of aliphatic carboxylic acids is 1. The minimum atomic E-state index is -1.66. The lowest BCUT2D eigenvalue weighted by Crippen LogP contribution is -2.10. The second kappa shape index (κ2) is 4.03. The van der Waals surface area contributed by atoms with E-state index in [0.717, 1.165) is 0 Å². The number of rotatable bonds is 3. The minimum absolute atomic E-state index is 0.605. The van der Waals surface area contributed by atoms with Crippen molar-refractivity contribution >= 4 is 23.4 Å². The van der Waals surface area contributed by atoms with E-state index in [4.69, 9.17) is 21.8 Å². The van der Waals surface area contributed by atoms with Crippen LogP contribution in [0.25, 0.3) is 0 Å². The summed E-state index contributed by atoms with van der Waals surface area (Å²) < 4.78 is 0. The fourth-order valence-corrected chi connectivity index (χ4v) is 0.306. The first-order valence-corrected chi connectivity index (χ1v) is 2.74. The van der Waals surface area contributed by atoms with Gasteiger partial charge in [0, 0.05) is 6.08 Å². The SMILES string of the molecule is O=C(O)C=CC(=O)C(O)Cl. The summed E-state index contributed by atoms with van der Waals surface area (Å²) in [6.07, 6.45) is 1.30. The van der Waals surface area contributed by atoms with Gasteiger partial charge in [0.15, 0.2) is 11.3 Å². The molecule has 0 aliphatic rings. The number of alkyl halides is 1. The Bertz CT molecular complexity index is 172. The van der Waals surface area contributed by atoms with Crippen molar-refractivity contribution in [1.82, 2.24) is 0 Å². The number of carboxylic acids is 1. The predicted octanol–water partition coefficient (Wildman–Crippen LogP) is -0.247. The van der Waals surface area contributed by atoms with Gasteiger partial charge in [0.05, 0.1) is 0 Å². The Balaban J connectivity index is 3.90. The third-order valence-corrected chi connectivity index (χ3v) is 0.840. The lowest BCUT2D eigenvalue weighted by Gasteiger charge is -1.91. The highest BCUT2D eigenvalue weighted by Gasteiger charge is 2.06. The van der Waals surface area contributed by atoms with Crippen LogP contribution in [0.15, 0.2) is 12.2 Å². The molecule has 0 aliphatic carbocycles. The highest BCUT2D eigenvalue weighted by atomic mass is 35.5. The zero-order valence-corrected chi connectivity index (χ0v) is 5.58. The molecule has 0 aromatic carbocycles. The van der Waals surface area contributed by atoms with Gasteiger partial charge in [-0.25, -0.2) is 4.79 Å². The van der Waals surface area contributed by atoms with Crippen LogP contribution in [-0.4, -0.2) is 27.5 Å². The molecule has 5 heteroatoms. The normalized spacial score (nSPS) is 13.4. The lowest BCUT2D eigenvalue weighted by molar-refractivity contribution is -0.131. The van der Waals surface area contributed by atoms with Gasteiger partial charge in [0.25, 0.3) is 0 Å². The van der Waals surface area contributed by atoms with Crippen LogP contribution in [0.1, 0.15) is 0 Å². The van der Waals surface area contributed by atoms with Crippen molar-refractivity contribution in [2.45, 2.75) is 5.56 Å². The van der Waals surface area contributed by atoms with Gasteiger partial charge in [-0.3, -0.25) is 4.79 Å². The maximum absolute atomic E-state index is 10.3. The van der Waals surface area contributed by atoms with Crippen molar-refractivity contribution in [3.63, 3.8) is 0 Å². The first-order chi connectivity index (χ1) is 4.54. The summed E-state index contributed by atoms with van der Waals surface area (Å²) >= 11 is 4.87. The van der Waals surface area contributed by atoms with Crippen LogP contribution in [0, 0.1) is 0 Å². The van der Waals surface area contributed by atoms with Crippen LogP contribution in [0.5, 0.6) is 0 Å². The van der Waals surface area contributed by atoms with Crippen molar-refractivity contribution in [2.24, 2.45) is 0 Å². The first kappa shape index (κ1) is 9.13. The fourth-order valence-electron chi connectivity index (χ4n) is 0.233. The molecule has 0 aromatic heterocycles. The monoisotopic (exact) mass is 164 g/mol. The molecule has 56 valence electrons. The highest BCUT2D eigenvalue weighted by Crippen LogP contribution is 1.92. The number of carbonyl (C=O) groups excluding carboxylic acids is 1. The molecule has 0 amide bonds. The van der Waals surface area contributed by atoms with Crippen LogP contribution in [-0.2, 0) is 9.59 Å². The van der Waals surface area contributed by atoms with E-state index in [2.05, 4.69) is 0 Å². The maximum Gasteiger partial charge on any atom is 0.328 e. The summed E-state index contributed by atoms with van der Waals surface area (Å²) in [7, 11) is 0. The van der Waals surface area contributed by atoms with Crippen molar-refractivity contribution < 1.29 is 19.8 Å². The van der Waals surface area contributed by atoms with E-state index >= 15 is 0 Å². The molecule has 0 radical (unpaired) electrons. The molecule has 0 spiro atoms. The third kappa shape index (κ3) is 4.05. The quantitative estimate of drug-likeness (QED) is 0.446. The number of hydrogen-bond donors (Lipinski definition) is 2. The molecule has 1 unspecified atom stereocenters. The van der Waals surface area contributed by atoms with E-state index in [1.54, 1.807) is 0 Å². The molecule has 0 bridgehead atoms. The Kier molecular flexibility index (Phi) is 3.68. The maximum atomic E-state index is 10.3. The average molecular weight is 165 g/mol. The zero-order chi connectivity index (χ0) is 8.15. The number of carbonyl (C=O) groups is 2. The molecular formula is C5H5ClO4. The predicted molar refractivity (Wildman–Crippen MR) is 33.6 cm³/mol. The van der Waals surface area contributed by atoms with E-state index in [9.17, 15) is 9.59 Å². The summed E-state index contributed by atoms with van der Waals surface area (Å²) in [5.74, 6) is -2.10. The zero-order valence-electron chi connectivity index (χ0n) is 4.82. The van der Waals surface area contributed by atoms with Crippen LogP contribution >= 0.6 is 11.6 Å². The second-order valence-corrected chi connectivity index (χ2v) is 1.82. The molecule has 0 rings (SSSR count). The number of hydrogen-bond acceptors (Lipinski definition) is 3. The van der Waals surface area contributed by atoms with Gasteiger partial charge in [-0.15, -0.1) is 0 Å². The number of ketones is 1. The summed E-state index contributed by atoms with van der Waals surface area (Å²) in [6.45, 7) is 0. The van der Waals surface area contributed by atoms with Crippen molar-refractivity contribution in [3.05, 3.63) is 12.2 Å². The van der Waals surface area contributed by atoms with Gasteiger partial charge in [-0.05, 0) is 6.08 Å². The molecule has 0 aromatic rings. The van der Waals surface area contributed by atoms with Crippen LogP contribution in [0.4, 0.5) is 0 Å². The van der Waals surface area contributed by atoms with Crippen molar-refractivity contribution in [1.29, 1.82) is 0 Å². The Morgan fingerprint density at radius 3 is 2.20 bits per heavy atom. The topological polar surface area (TPSA) is 74.6 Å². The summed E-state index contributed by atoms with van der Waals surface area (Å²) in [5.41, 5.74) is -1.66. The lowest BCUT2D eigenvalue weighted by atomic mass is 10.3. The molecule has 0 fully saturated rings. The van der Waals surface area contributed by atoms with Crippen LogP contribution < -0.4 is 0 Å². The van der Waals surface area contributed by atoms with E-state index in [1.807, 2.05) is 0 Å². The summed E-state index contributed by atoms with van der Waals surface area (Å²) in [6, 6.07) is 0. The number of halogens is 1. The van der Waals surface area contributed by atoms with Gasteiger partial charge in [-0.2, -0.15) is 0 Å². The molecule has 1 atom stereocenters. The Morgan fingerprint density at radius 1 is 1.40 bits per heavy atom. The van der Waals surface area contributed by atoms with Gasteiger partial charge in [0.2, 0.25) is 0 Å². The van der Waals surface area contributed by atoms with E-state index < -0.39 is 17.3 Å². The molecule has 0 saturated heterocycles. The second-order valence-electron chi connectivity index (χ2n) is 1.41.